The molecule has 0 saturated heterocycles. The standard InChI is InChI=1S/C22H31N7.HI/c1-4-23-22(25-12-7-15-29-18(3)16-17(2)28-29)26-14-13-24-21-11-10-19-8-5-6-9-20(19)27-21;/h5-6,8-11,16H,4,7,12-15H2,1-3H3,(H,24,27)(H2,23,25,26);1H. The number of rotatable bonds is 9. The third-order valence-corrected chi connectivity index (χ3v) is 4.57. The molecular formula is C22H32IN7. The molecule has 2 heterocycles. The minimum Gasteiger partial charge on any atom is -0.368 e. The molecule has 0 spiro atoms. The van der Waals surface area contributed by atoms with Crippen LogP contribution in [0.5, 0.6) is 0 Å². The van der Waals surface area contributed by atoms with E-state index in [2.05, 4.69) is 63.1 Å². The van der Waals surface area contributed by atoms with Crippen LogP contribution in [0.15, 0.2) is 47.5 Å². The number of aliphatic imine (C=N–C) groups is 1. The zero-order valence-electron chi connectivity index (χ0n) is 18.0. The molecule has 7 nitrogen and oxygen atoms in total. The molecule has 0 amide bonds. The molecule has 0 aliphatic heterocycles. The fraction of sp³-hybridized carbons (Fsp3) is 0.409. The largest absolute Gasteiger partial charge is 0.368 e. The quantitative estimate of drug-likeness (QED) is 0.173. The van der Waals surface area contributed by atoms with Gasteiger partial charge >= 0.3 is 0 Å². The normalized spacial score (nSPS) is 11.2. The number of anilines is 1. The van der Waals surface area contributed by atoms with E-state index in [0.29, 0.717) is 0 Å². The van der Waals surface area contributed by atoms with Crippen LogP contribution in [-0.2, 0) is 6.54 Å². The predicted molar refractivity (Wildman–Crippen MR) is 136 cm³/mol. The van der Waals surface area contributed by atoms with Gasteiger partial charge in [-0.1, -0.05) is 18.2 Å². The number of guanidine groups is 1. The van der Waals surface area contributed by atoms with Crippen LogP contribution >= 0.6 is 24.0 Å². The van der Waals surface area contributed by atoms with Crippen molar-refractivity contribution in [1.82, 2.24) is 25.4 Å². The smallest absolute Gasteiger partial charge is 0.191 e. The van der Waals surface area contributed by atoms with E-state index in [1.807, 2.05) is 35.9 Å². The Morgan fingerprint density at radius 1 is 1.07 bits per heavy atom. The molecule has 0 fully saturated rings. The van der Waals surface area contributed by atoms with Gasteiger partial charge in [-0.2, -0.15) is 5.10 Å². The second-order valence-corrected chi connectivity index (χ2v) is 7.01. The van der Waals surface area contributed by atoms with Crippen molar-refractivity contribution in [2.45, 2.75) is 33.7 Å². The lowest BCUT2D eigenvalue weighted by Crippen LogP contribution is -2.39. The van der Waals surface area contributed by atoms with E-state index in [9.17, 15) is 0 Å². The Labute approximate surface area is 195 Å². The summed E-state index contributed by atoms with van der Waals surface area (Å²) in [6, 6.07) is 14.3. The summed E-state index contributed by atoms with van der Waals surface area (Å²) in [4.78, 5) is 9.29. The van der Waals surface area contributed by atoms with Crippen LogP contribution in [-0.4, -0.2) is 46.9 Å². The fourth-order valence-corrected chi connectivity index (χ4v) is 3.19. The monoisotopic (exact) mass is 521 g/mol. The van der Waals surface area contributed by atoms with Gasteiger partial charge in [0.2, 0.25) is 0 Å². The zero-order chi connectivity index (χ0) is 20.5. The van der Waals surface area contributed by atoms with Crippen molar-refractivity contribution in [3.8, 4) is 0 Å². The highest BCUT2D eigenvalue weighted by atomic mass is 127. The van der Waals surface area contributed by atoms with Gasteiger partial charge in [0.1, 0.15) is 5.82 Å². The highest BCUT2D eigenvalue weighted by Crippen LogP contribution is 2.14. The van der Waals surface area contributed by atoms with Crippen molar-refractivity contribution in [2.24, 2.45) is 4.99 Å². The first-order valence-corrected chi connectivity index (χ1v) is 10.3. The number of aryl methyl sites for hydroxylation is 3. The van der Waals surface area contributed by atoms with Crippen molar-refractivity contribution in [3.63, 3.8) is 0 Å². The maximum absolute atomic E-state index is 4.66. The number of hydrogen-bond acceptors (Lipinski definition) is 4. The summed E-state index contributed by atoms with van der Waals surface area (Å²) in [6.45, 7) is 10.2. The van der Waals surface area contributed by atoms with Gasteiger partial charge in [-0.3, -0.25) is 9.67 Å². The summed E-state index contributed by atoms with van der Waals surface area (Å²) < 4.78 is 2.05. The molecule has 0 atom stereocenters. The van der Waals surface area contributed by atoms with E-state index in [1.54, 1.807) is 0 Å². The molecule has 0 radical (unpaired) electrons. The van der Waals surface area contributed by atoms with Gasteiger partial charge in [-0.05, 0) is 51.5 Å². The zero-order valence-corrected chi connectivity index (χ0v) is 20.3. The Morgan fingerprint density at radius 3 is 2.67 bits per heavy atom. The molecule has 1 aromatic carbocycles. The number of pyridine rings is 1. The molecule has 0 aliphatic carbocycles. The molecule has 0 bridgehead atoms. The summed E-state index contributed by atoms with van der Waals surface area (Å²) >= 11 is 0. The van der Waals surface area contributed by atoms with Crippen molar-refractivity contribution in [3.05, 3.63) is 53.9 Å². The Kier molecular flexibility index (Phi) is 9.85. The lowest BCUT2D eigenvalue weighted by molar-refractivity contribution is 0.567. The van der Waals surface area contributed by atoms with Gasteiger partial charge in [0.25, 0.3) is 0 Å². The molecule has 3 rings (SSSR count). The Bertz CT molecular complexity index is 952. The van der Waals surface area contributed by atoms with Crippen LogP contribution in [0.25, 0.3) is 10.9 Å². The number of nitrogens with one attached hydrogen (secondary N) is 3. The third-order valence-electron chi connectivity index (χ3n) is 4.57. The van der Waals surface area contributed by atoms with Crippen LogP contribution in [0, 0.1) is 13.8 Å². The van der Waals surface area contributed by atoms with E-state index in [0.717, 1.165) is 67.5 Å². The summed E-state index contributed by atoms with van der Waals surface area (Å²) in [5.41, 5.74) is 3.27. The number of hydrogen-bond donors (Lipinski definition) is 3. The number of nitrogens with zero attached hydrogens (tertiary/aromatic N) is 4. The Balaban J connectivity index is 0.00000320. The van der Waals surface area contributed by atoms with Crippen LogP contribution in [0.1, 0.15) is 24.7 Å². The van der Waals surface area contributed by atoms with Gasteiger partial charge in [-0.15, -0.1) is 24.0 Å². The molecule has 3 aromatic rings. The van der Waals surface area contributed by atoms with E-state index in [4.69, 9.17) is 0 Å². The minimum absolute atomic E-state index is 0. The molecule has 8 heteroatoms. The van der Waals surface area contributed by atoms with Crippen LogP contribution in [0.3, 0.4) is 0 Å². The number of halogens is 1. The first kappa shape index (κ1) is 23.9. The molecule has 0 unspecified atom stereocenters. The maximum Gasteiger partial charge on any atom is 0.191 e. The summed E-state index contributed by atoms with van der Waals surface area (Å²) in [5, 5.41) is 15.7. The molecular weight excluding hydrogens is 489 g/mol. The number of aromatic nitrogens is 3. The summed E-state index contributed by atoms with van der Waals surface area (Å²) in [6.07, 6.45) is 0.956. The van der Waals surface area contributed by atoms with Gasteiger partial charge in [0, 0.05) is 43.8 Å². The van der Waals surface area contributed by atoms with Gasteiger partial charge < -0.3 is 16.0 Å². The summed E-state index contributed by atoms with van der Waals surface area (Å²) in [5.74, 6) is 1.73. The third kappa shape index (κ3) is 7.16. The first-order valence-electron chi connectivity index (χ1n) is 10.3. The number of fused-ring (bicyclic) bond motifs is 1. The highest BCUT2D eigenvalue weighted by molar-refractivity contribution is 14.0. The molecule has 3 N–H and O–H groups in total. The van der Waals surface area contributed by atoms with E-state index in [1.165, 1.54) is 5.69 Å². The molecule has 30 heavy (non-hydrogen) atoms. The molecule has 0 aliphatic rings. The van der Waals surface area contributed by atoms with Gasteiger partial charge in [-0.25, -0.2) is 4.98 Å². The average molecular weight is 521 g/mol. The average Bonchev–Trinajstić information content (AvgIpc) is 3.05. The second-order valence-electron chi connectivity index (χ2n) is 7.01. The van der Waals surface area contributed by atoms with Crippen molar-refractivity contribution in [2.75, 3.05) is 31.5 Å². The first-order chi connectivity index (χ1) is 14.2. The second kappa shape index (κ2) is 12.4. The SMILES string of the molecule is CCNC(=NCCCn1nc(C)cc1C)NCCNc1ccc2ccccc2n1.I. The van der Waals surface area contributed by atoms with E-state index in [-0.39, 0.29) is 24.0 Å². The summed E-state index contributed by atoms with van der Waals surface area (Å²) in [7, 11) is 0. The van der Waals surface area contributed by atoms with Gasteiger partial charge in [0.15, 0.2) is 5.96 Å². The molecule has 2 aromatic heterocycles. The minimum atomic E-state index is 0. The number of para-hydroxylation sites is 1. The molecule has 0 saturated carbocycles. The van der Waals surface area contributed by atoms with Gasteiger partial charge in [0.05, 0.1) is 11.2 Å². The fourth-order valence-electron chi connectivity index (χ4n) is 3.19. The van der Waals surface area contributed by atoms with Crippen LogP contribution in [0.2, 0.25) is 0 Å². The highest BCUT2D eigenvalue weighted by Gasteiger charge is 2.01. The lowest BCUT2D eigenvalue weighted by Gasteiger charge is -2.12. The van der Waals surface area contributed by atoms with Crippen LogP contribution in [0.4, 0.5) is 5.82 Å². The maximum atomic E-state index is 4.66. The van der Waals surface area contributed by atoms with Crippen LogP contribution < -0.4 is 16.0 Å². The molecule has 162 valence electrons. The van der Waals surface area contributed by atoms with Crippen molar-refractivity contribution >= 4 is 46.7 Å². The predicted octanol–water partition coefficient (Wildman–Crippen LogP) is 3.72. The van der Waals surface area contributed by atoms with Crippen molar-refractivity contribution < 1.29 is 0 Å². The topological polar surface area (TPSA) is 79.2 Å². The van der Waals surface area contributed by atoms with E-state index >= 15 is 0 Å². The van der Waals surface area contributed by atoms with E-state index < -0.39 is 0 Å². The number of benzene rings is 1. The Morgan fingerprint density at radius 2 is 1.90 bits per heavy atom. The lowest BCUT2D eigenvalue weighted by atomic mass is 10.2. The van der Waals surface area contributed by atoms with Crippen molar-refractivity contribution in [1.29, 1.82) is 0 Å². The Hall–Kier alpha value is -2.36.